The van der Waals surface area contributed by atoms with Crippen LogP contribution in [0, 0.1) is 11.8 Å². The molecule has 0 aromatic carbocycles. The van der Waals surface area contributed by atoms with Crippen molar-refractivity contribution in [2.45, 2.75) is 13.3 Å². The summed E-state index contributed by atoms with van der Waals surface area (Å²) in [6, 6.07) is 1.59. The molecule has 1 saturated carbocycles. The SMILES string of the molecule is C[C@@H]1C[C@H]1C(=O)Nc1cc(Cl)[nH]n1. The predicted molar refractivity (Wildman–Crippen MR) is 49.5 cm³/mol. The minimum absolute atomic E-state index is 0.0377. The van der Waals surface area contributed by atoms with E-state index in [2.05, 4.69) is 22.4 Å². The molecule has 2 N–H and O–H groups in total. The lowest BCUT2D eigenvalue weighted by atomic mass is 10.3. The Balaban J connectivity index is 1.95. The Morgan fingerprint density at radius 1 is 1.85 bits per heavy atom. The third kappa shape index (κ3) is 1.83. The second-order valence-electron chi connectivity index (χ2n) is 3.41. The Bertz CT molecular complexity index is 336. The highest BCUT2D eigenvalue weighted by Gasteiger charge is 2.39. The maximum absolute atomic E-state index is 11.4. The zero-order valence-electron chi connectivity index (χ0n) is 7.17. The Morgan fingerprint density at radius 3 is 3.00 bits per heavy atom. The van der Waals surface area contributed by atoms with Gasteiger partial charge in [-0.25, -0.2) is 0 Å². The van der Waals surface area contributed by atoms with E-state index < -0.39 is 0 Å². The van der Waals surface area contributed by atoms with Crippen LogP contribution in [0.2, 0.25) is 5.15 Å². The summed E-state index contributed by atoms with van der Waals surface area (Å²) < 4.78 is 0. The van der Waals surface area contributed by atoms with Crippen molar-refractivity contribution in [3.8, 4) is 0 Å². The Hall–Kier alpha value is -1.03. The monoisotopic (exact) mass is 199 g/mol. The van der Waals surface area contributed by atoms with E-state index in [1.54, 1.807) is 6.07 Å². The van der Waals surface area contributed by atoms with Crippen LogP contribution in [0.4, 0.5) is 5.82 Å². The van der Waals surface area contributed by atoms with Crippen molar-refractivity contribution in [3.05, 3.63) is 11.2 Å². The number of halogens is 1. The number of rotatable bonds is 2. The molecule has 0 radical (unpaired) electrons. The van der Waals surface area contributed by atoms with Crippen molar-refractivity contribution >= 4 is 23.3 Å². The normalized spacial score (nSPS) is 25.7. The summed E-state index contributed by atoms with van der Waals surface area (Å²) in [5, 5.41) is 9.47. The van der Waals surface area contributed by atoms with E-state index >= 15 is 0 Å². The number of anilines is 1. The molecule has 70 valence electrons. The van der Waals surface area contributed by atoms with Gasteiger partial charge in [0.1, 0.15) is 5.15 Å². The summed E-state index contributed by atoms with van der Waals surface area (Å²) in [7, 11) is 0. The van der Waals surface area contributed by atoms with Crippen molar-refractivity contribution in [2.24, 2.45) is 11.8 Å². The lowest BCUT2D eigenvalue weighted by Gasteiger charge is -1.97. The van der Waals surface area contributed by atoms with Gasteiger partial charge in [-0.3, -0.25) is 9.89 Å². The molecule has 1 aromatic heterocycles. The fraction of sp³-hybridized carbons (Fsp3) is 0.500. The number of hydrogen-bond acceptors (Lipinski definition) is 2. The third-order valence-corrected chi connectivity index (χ3v) is 2.44. The van der Waals surface area contributed by atoms with Crippen molar-refractivity contribution in [3.63, 3.8) is 0 Å². The van der Waals surface area contributed by atoms with Gasteiger partial charge in [0.2, 0.25) is 5.91 Å². The van der Waals surface area contributed by atoms with Crippen LogP contribution >= 0.6 is 11.6 Å². The van der Waals surface area contributed by atoms with Crippen LogP contribution in [0.15, 0.2) is 6.07 Å². The van der Waals surface area contributed by atoms with E-state index in [1.165, 1.54) is 0 Å². The molecular weight excluding hydrogens is 190 g/mol. The number of nitrogens with one attached hydrogen (secondary N) is 2. The summed E-state index contributed by atoms with van der Waals surface area (Å²) in [5.74, 6) is 1.20. The van der Waals surface area contributed by atoms with Gasteiger partial charge in [-0.1, -0.05) is 18.5 Å². The second kappa shape index (κ2) is 3.03. The maximum Gasteiger partial charge on any atom is 0.228 e. The fourth-order valence-electron chi connectivity index (χ4n) is 1.27. The number of nitrogens with zero attached hydrogens (tertiary/aromatic N) is 1. The maximum atomic E-state index is 11.4. The molecule has 0 unspecified atom stereocenters. The van der Waals surface area contributed by atoms with Crippen molar-refractivity contribution in [1.82, 2.24) is 10.2 Å². The van der Waals surface area contributed by atoms with Gasteiger partial charge in [0.25, 0.3) is 0 Å². The van der Waals surface area contributed by atoms with Crippen LogP contribution in [0.5, 0.6) is 0 Å². The average molecular weight is 200 g/mol. The molecule has 13 heavy (non-hydrogen) atoms. The molecule has 0 saturated heterocycles. The highest BCUT2D eigenvalue weighted by atomic mass is 35.5. The van der Waals surface area contributed by atoms with E-state index in [1.807, 2.05) is 0 Å². The first kappa shape index (κ1) is 8.56. The standard InChI is InChI=1S/C8H10ClN3O/c1-4-2-5(4)8(13)10-7-3-6(9)11-12-7/h3-5H,2H2,1H3,(H2,10,11,12,13)/t4-,5-/m1/s1. The van der Waals surface area contributed by atoms with E-state index in [0.29, 0.717) is 16.9 Å². The molecule has 4 nitrogen and oxygen atoms in total. The van der Waals surface area contributed by atoms with Gasteiger partial charge in [0.05, 0.1) is 0 Å². The topological polar surface area (TPSA) is 57.8 Å². The minimum atomic E-state index is 0.0377. The van der Waals surface area contributed by atoms with Crippen LogP contribution in [0.3, 0.4) is 0 Å². The van der Waals surface area contributed by atoms with Crippen molar-refractivity contribution < 1.29 is 4.79 Å². The van der Waals surface area contributed by atoms with E-state index in [9.17, 15) is 4.79 Å². The van der Waals surface area contributed by atoms with E-state index in [4.69, 9.17) is 11.6 Å². The van der Waals surface area contributed by atoms with Gasteiger partial charge in [-0.2, -0.15) is 5.10 Å². The molecule has 2 rings (SSSR count). The van der Waals surface area contributed by atoms with Gasteiger partial charge < -0.3 is 5.32 Å². The average Bonchev–Trinajstić information content (AvgIpc) is 2.66. The number of hydrogen-bond donors (Lipinski definition) is 2. The number of carbonyl (C=O) groups excluding carboxylic acids is 1. The van der Waals surface area contributed by atoms with Gasteiger partial charge >= 0.3 is 0 Å². The molecule has 1 amide bonds. The van der Waals surface area contributed by atoms with Crippen LogP contribution in [-0.2, 0) is 4.79 Å². The quantitative estimate of drug-likeness (QED) is 0.761. The fourth-order valence-corrected chi connectivity index (χ4v) is 1.41. The summed E-state index contributed by atoms with van der Waals surface area (Å²) in [6.07, 6.45) is 0.976. The first-order valence-corrected chi connectivity index (χ1v) is 4.56. The molecule has 1 aliphatic rings. The zero-order valence-corrected chi connectivity index (χ0v) is 7.93. The highest BCUT2D eigenvalue weighted by Crippen LogP contribution is 2.38. The number of aromatic amines is 1. The van der Waals surface area contributed by atoms with Crippen molar-refractivity contribution in [2.75, 3.05) is 5.32 Å². The molecule has 2 atom stereocenters. The molecule has 5 heteroatoms. The van der Waals surface area contributed by atoms with Crippen LogP contribution in [0.25, 0.3) is 0 Å². The molecule has 0 spiro atoms. The van der Waals surface area contributed by atoms with Crippen LogP contribution in [0.1, 0.15) is 13.3 Å². The summed E-state index contributed by atoms with van der Waals surface area (Å²) in [4.78, 5) is 11.4. The van der Waals surface area contributed by atoms with Gasteiger partial charge in [0, 0.05) is 12.0 Å². The zero-order chi connectivity index (χ0) is 9.42. The first-order valence-electron chi connectivity index (χ1n) is 4.18. The number of H-pyrrole nitrogens is 1. The second-order valence-corrected chi connectivity index (χ2v) is 3.82. The molecule has 0 aliphatic heterocycles. The Morgan fingerprint density at radius 2 is 2.54 bits per heavy atom. The summed E-state index contributed by atoms with van der Waals surface area (Å²) in [6.45, 7) is 2.06. The van der Waals surface area contributed by atoms with Crippen LogP contribution in [-0.4, -0.2) is 16.1 Å². The first-order chi connectivity index (χ1) is 6.16. The molecular formula is C8H10ClN3O. The molecule has 1 fully saturated rings. The molecule has 1 aliphatic carbocycles. The van der Waals surface area contributed by atoms with Gasteiger partial charge in [0.15, 0.2) is 5.82 Å². The van der Waals surface area contributed by atoms with Gasteiger partial charge in [-0.05, 0) is 12.3 Å². The highest BCUT2D eigenvalue weighted by molar-refractivity contribution is 6.29. The van der Waals surface area contributed by atoms with Crippen LogP contribution < -0.4 is 5.32 Å². The summed E-state index contributed by atoms with van der Waals surface area (Å²) in [5.41, 5.74) is 0. The largest absolute Gasteiger partial charge is 0.309 e. The van der Waals surface area contributed by atoms with E-state index in [0.717, 1.165) is 6.42 Å². The molecule has 1 heterocycles. The molecule has 0 bridgehead atoms. The summed E-state index contributed by atoms with van der Waals surface area (Å²) >= 11 is 5.60. The minimum Gasteiger partial charge on any atom is -0.309 e. The Kier molecular flexibility index (Phi) is 2.00. The Labute approximate surface area is 80.7 Å². The van der Waals surface area contributed by atoms with Crippen molar-refractivity contribution in [1.29, 1.82) is 0 Å². The van der Waals surface area contributed by atoms with Gasteiger partial charge in [-0.15, -0.1) is 0 Å². The van der Waals surface area contributed by atoms with E-state index in [-0.39, 0.29) is 11.8 Å². The smallest absolute Gasteiger partial charge is 0.228 e. The lowest BCUT2D eigenvalue weighted by molar-refractivity contribution is -0.117. The lowest BCUT2D eigenvalue weighted by Crippen LogP contribution is -2.14. The predicted octanol–water partition coefficient (Wildman–Crippen LogP) is 1.66. The third-order valence-electron chi connectivity index (χ3n) is 2.24. The number of amides is 1. The number of aromatic nitrogens is 2. The number of carbonyl (C=O) groups is 1. The molecule has 1 aromatic rings.